The van der Waals surface area contributed by atoms with E-state index in [0.717, 1.165) is 0 Å². The van der Waals surface area contributed by atoms with Crippen LogP contribution in [-0.4, -0.2) is 17.2 Å². The van der Waals surface area contributed by atoms with Crippen LogP contribution in [0, 0.1) is 0 Å². The standard InChI is InChI=1S/C9H12F2N2O2/c1-15-7-3-13-8(9(10)11)6(4-14)5(7)2-12/h3,9,14H,2,4,12H2,1H3. The highest BCUT2D eigenvalue weighted by Crippen LogP contribution is 2.28. The highest BCUT2D eigenvalue weighted by atomic mass is 19.3. The minimum atomic E-state index is -2.73. The minimum Gasteiger partial charge on any atom is -0.495 e. The molecule has 1 heterocycles. The Labute approximate surface area is 85.7 Å². The lowest BCUT2D eigenvalue weighted by molar-refractivity contribution is 0.141. The van der Waals surface area contributed by atoms with Crippen molar-refractivity contribution in [2.24, 2.45) is 5.73 Å². The van der Waals surface area contributed by atoms with Gasteiger partial charge in [-0.25, -0.2) is 8.78 Å². The van der Waals surface area contributed by atoms with E-state index in [-0.39, 0.29) is 12.1 Å². The zero-order valence-electron chi connectivity index (χ0n) is 8.20. The number of alkyl halides is 2. The fourth-order valence-electron chi connectivity index (χ4n) is 1.35. The van der Waals surface area contributed by atoms with Gasteiger partial charge in [-0.3, -0.25) is 4.98 Å². The molecule has 0 saturated carbocycles. The first-order valence-corrected chi connectivity index (χ1v) is 4.29. The first-order chi connectivity index (χ1) is 7.15. The summed E-state index contributed by atoms with van der Waals surface area (Å²) in [5.74, 6) is 0.311. The first kappa shape index (κ1) is 11.8. The number of hydrogen-bond donors (Lipinski definition) is 2. The Morgan fingerprint density at radius 3 is 2.60 bits per heavy atom. The summed E-state index contributed by atoms with van der Waals surface area (Å²) >= 11 is 0. The number of aromatic nitrogens is 1. The minimum absolute atomic E-state index is 0.0152. The van der Waals surface area contributed by atoms with Crippen molar-refractivity contribution in [2.45, 2.75) is 19.6 Å². The van der Waals surface area contributed by atoms with Crippen LogP contribution < -0.4 is 10.5 Å². The second-order valence-corrected chi connectivity index (χ2v) is 2.83. The van der Waals surface area contributed by atoms with Gasteiger partial charge in [-0.05, 0) is 0 Å². The highest BCUT2D eigenvalue weighted by molar-refractivity contribution is 5.41. The molecule has 1 aromatic rings. The molecular weight excluding hydrogens is 206 g/mol. The molecule has 4 nitrogen and oxygen atoms in total. The van der Waals surface area contributed by atoms with Crippen molar-refractivity contribution in [3.05, 3.63) is 23.0 Å². The molecular formula is C9H12F2N2O2. The van der Waals surface area contributed by atoms with Crippen LogP contribution >= 0.6 is 0 Å². The number of aliphatic hydroxyl groups is 1. The second-order valence-electron chi connectivity index (χ2n) is 2.83. The summed E-state index contributed by atoms with van der Waals surface area (Å²) in [6, 6.07) is 0. The summed E-state index contributed by atoms with van der Waals surface area (Å²) in [4.78, 5) is 3.54. The zero-order valence-corrected chi connectivity index (χ0v) is 8.20. The third-order valence-electron chi connectivity index (χ3n) is 2.08. The van der Waals surface area contributed by atoms with E-state index in [9.17, 15) is 8.78 Å². The van der Waals surface area contributed by atoms with E-state index in [1.54, 1.807) is 0 Å². The van der Waals surface area contributed by atoms with Crippen molar-refractivity contribution in [3.8, 4) is 5.75 Å². The fraction of sp³-hybridized carbons (Fsp3) is 0.444. The van der Waals surface area contributed by atoms with E-state index in [2.05, 4.69) is 4.98 Å². The number of nitrogens with zero attached hydrogens (tertiary/aromatic N) is 1. The molecule has 1 rings (SSSR count). The lowest BCUT2D eigenvalue weighted by Gasteiger charge is -2.13. The average molecular weight is 218 g/mol. The van der Waals surface area contributed by atoms with Gasteiger partial charge in [0.1, 0.15) is 11.4 Å². The van der Waals surface area contributed by atoms with E-state index in [4.69, 9.17) is 15.6 Å². The van der Waals surface area contributed by atoms with Gasteiger partial charge in [0.2, 0.25) is 0 Å². The maximum Gasteiger partial charge on any atom is 0.280 e. The van der Waals surface area contributed by atoms with Crippen molar-refractivity contribution in [3.63, 3.8) is 0 Å². The molecule has 0 aliphatic rings. The van der Waals surface area contributed by atoms with Crippen LogP contribution in [0.1, 0.15) is 23.2 Å². The molecule has 3 N–H and O–H groups in total. The molecule has 0 fully saturated rings. The van der Waals surface area contributed by atoms with Gasteiger partial charge in [-0.2, -0.15) is 0 Å². The topological polar surface area (TPSA) is 68.4 Å². The van der Waals surface area contributed by atoms with Crippen molar-refractivity contribution in [2.75, 3.05) is 7.11 Å². The number of aliphatic hydroxyl groups excluding tert-OH is 1. The molecule has 0 aromatic carbocycles. The van der Waals surface area contributed by atoms with Gasteiger partial charge in [0.25, 0.3) is 6.43 Å². The summed E-state index contributed by atoms with van der Waals surface area (Å²) in [6.07, 6.45) is -1.55. The molecule has 0 bridgehead atoms. The Kier molecular flexibility index (Phi) is 3.93. The van der Waals surface area contributed by atoms with E-state index in [1.165, 1.54) is 13.3 Å². The van der Waals surface area contributed by atoms with Gasteiger partial charge >= 0.3 is 0 Å². The molecule has 0 unspecified atom stereocenters. The van der Waals surface area contributed by atoms with Crippen LogP contribution in [-0.2, 0) is 13.2 Å². The van der Waals surface area contributed by atoms with E-state index in [0.29, 0.717) is 11.3 Å². The Morgan fingerprint density at radius 1 is 1.53 bits per heavy atom. The van der Waals surface area contributed by atoms with E-state index >= 15 is 0 Å². The molecule has 1 aromatic heterocycles. The van der Waals surface area contributed by atoms with Gasteiger partial charge < -0.3 is 15.6 Å². The number of rotatable bonds is 4. The lowest BCUT2D eigenvalue weighted by atomic mass is 10.1. The summed E-state index contributed by atoms with van der Waals surface area (Å²) in [7, 11) is 1.39. The fourth-order valence-corrected chi connectivity index (χ4v) is 1.35. The molecule has 15 heavy (non-hydrogen) atoms. The van der Waals surface area contributed by atoms with Gasteiger partial charge in [0.05, 0.1) is 19.9 Å². The van der Waals surface area contributed by atoms with E-state index in [1.807, 2.05) is 0 Å². The summed E-state index contributed by atoms with van der Waals surface area (Å²) in [5.41, 5.74) is 5.38. The molecule has 0 aliphatic carbocycles. The van der Waals surface area contributed by atoms with Crippen LogP contribution in [0.3, 0.4) is 0 Å². The van der Waals surface area contributed by atoms with Crippen LogP contribution in [0.15, 0.2) is 6.20 Å². The maximum absolute atomic E-state index is 12.5. The zero-order chi connectivity index (χ0) is 11.4. The monoisotopic (exact) mass is 218 g/mol. The van der Waals surface area contributed by atoms with Gasteiger partial charge in [0.15, 0.2) is 0 Å². The van der Waals surface area contributed by atoms with Crippen LogP contribution in [0.4, 0.5) is 8.78 Å². The normalized spacial score (nSPS) is 10.8. The van der Waals surface area contributed by atoms with Crippen molar-refractivity contribution >= 4 is 0 Å². The number of halogens is 2. The lowest BCUT2D eigenvalue weighted by Crippen LogP contribution is -2.09. The number of methoxy groups -OCH3 is 1. The second kappa shape index (κ2) is 4.99. The molecule has 0 amide bonds. The number of ether oxygens (including phenoxy) is 1. The Hall–Kier alpha value is -1.27. The number of hydrogen-bond acceptors (Lipinski definition) is 4. The summed E-state index contributed by atoms with van der Waals surface area (Å²) < 4.78 is 29.9. The van der Waals surface area contributed by atoms with Gasteiger partial charge in [0, 0.05) is 17.7 Å². The molecule has 0 spiro atoms. The Bertz CT molecular complexity index is 345. The third-order valence-corrected chi connectivity index (χ3v) is 2.08. The summed E-state index contributed by atoms with van der Waals surface area (Å²) in [6.45, 7) is -0.516. The molecule has 0 radical (unpaired) electrons. The SMILES string of the molecule is COc1cnc(C(F)F)c(CO)c1CN. The molecule has 0 atom stereocenters. The van der Waals surface area contributed by atoms with Crippen molar-refractivity contribution in [1.29, 1.82) is 0 Å². The van der Waals surface area contributed by atoms with E-state index < -0.39 is 18.7 Å². The third kappa shape index (κ3) is 2.21. The van der Waals surface area contributed by atoms with Gasteiger partial charge in [-0.15, -0.1) is 0 Å². The Balaban J connectivity index is 3.34. The van der Waals surface area contributed by atoms with Crippen LogP contribution in [0.25, 0.3) is 0 Å². The molecule has 0 saturated heterocycles. The summed E-state index contributed by atoms with van der Waals surface area (Å²) in [5, 5.41) is 9.01. The smallest absolute Gasteiger partial charge is 0.280 e. The van der Waals surface area contributed by atoms with Crippen molar-refractivity contribution < 1.29 is 18.6 Å². The number of pyridine rings is 1. The molecule has 84 valence electrons. The van der Waals surface area contributed by atoms with Crippen molar-refractivity contribution in [1.82, 2.24) is 4.98 Å². The average Bonchev–Trinajstić information content (AvgIpc) is 2.26. The predicted octanol–water partition coefficient (Wildman–Crippen LogP) is 0.979. The highest BCUT2D eigenvalue weighted by Gasteiger charge is 2.19. The largest absolute Gasteiger partial charge is 0.495 e. The predicted molar refractivity (Wildman–Crippen MR) is 49.6 cm³/mol. The van der Waals surface area contributed by atoms with Crippen LogP contribution in [0.5, 0.6) is 5.75 Å². The first-order valence-electron chi connectivity index (χ1n) is 4.29. The maximum atomic E-state index is 12.5. The van der Waals surface area contributed by atoms with Gasteiger partial charge in [-0.1, -0.05) is 0 Å². The quantitative estimate of drug-likeness (QED) is 0.790. The molecule has 6 heteroatoms. The van der Waals surface area contributed by atoms with Crippen LogP contribution in [0.2, 0.25) is 0 Å². The number of nitrogens with two attached hydrogens (primary N) is 1. The molecule has 0 aliphatic heterocycles. The Morgan fingerprint density at radius 2 is 2.20 bits per heavy atom.